The Morgan fingerprint density at radius 2 is 1.95 bits per heavy atom. The second-order valence-corrected chi connectivity index (χ2v) is 5.97. The van der Waals surface area contributed by atoms with E-state index in [1.807, 2.05) is 6.07 Å². The van der Waals surface area contributed by atoms with Crippen molar-refractivity contribution in [2.45, 2.75) is 52.5 Å². The largest absolute Gasteiger partial charge is 0.372 e. The molecule has 0 saturated carbocycles. The molecule has 1 aliphatic rings. The molecule has 2 rings (SSSR count). The van der Waals surface area contributed by atoms with Gasteiger partial charge < -0.3 is 15.0 Å². The Balaban J connectivity index is 2.21. The number of morpholine rings is 1. The number of rotatable bonds is 4. The zero-order valence-corrected chi connectivity index (χ0v) is 12.8. The predicted octanol–water partition coefficient (Wildman–Crippen LogP) is 2.94. The van der Waals surface area contributed by atoms with E-state index in [1.165, 1.54) is 0 Å². The van der Waals surface area contributed by atoms with E-state index in [-0.39, 0.29) is 18.0 Å². The van der Waals surface area contributed by atoms with Gasteiger partial charge in [0.25, 0.3) is 0 Å². The van der Waals surface area contributed by atoms with Gasteiger partial charge in [0.2, 0.25) is 0 Å². The number of nitrogens with zero attached hydrogens (tertiary/aromatic N) is 1. The molecule has 1 saturated heterocycles. The van der Waals surface area contributed by atoms with Gasteiger partial charge in [-0.25, -0.2) is 4.39 Å². The minimum absolute atomic E-state index is 0.177. The van der Waals surface area contributed by atoms with Gasteiger partial charge >= 0.3 is 0 Å². The maximum absolute atomic E-state index is 13.5. The summed E-state index contributed by atoms with van der Waals surface area (Å²) in [6, 6.07) is 5.44. The van der Waals surface area contributed by atoms with Crippen molar-refractivity contribution < 1.29 is 9.13 Å². The molecule has 0 aromatic heterocycles. The molecule has 1 N–H and O–H groups in total. The molecule has 0 unspecified atom stereocenters. The van der Waals surface area contributed by atoms with Gasteiger partial charge in [0, 0.05) is 31.4 Å². The van der Waals surface area contributed by atoms with Crippen LogP contribution in [0.15, 0.2) is 18.2 Å². The van der Waals surface area contributed by atoms with E-state index in [9.17, 15) is 4.39 Å². The van der Waals surface area contributed by atoms with Gasteiger partial charge in [-0.05, 0) is 37.6 Å². The number of benzene rings is 1. The van der Waals surface area contributed by atoms with Crippen LogP contribution in [0.2, 0.25) is 0 Å². The minimum Gasteiger partial charge on any atom is -0.372 e. The number of hydrogen-bond donors (Lipinski definition) is 1. The fourth-order valence-electron chi connectivity index (χ4n) is 2.69. The quantitative estimate of drug-likeness (QED) is 0.917. The number of ether oxygens (including phenoxy) is 1. The average molecular weight is 280 g/mol. The van der Waals surface area contributed by atoms with Crippen LogP contribution in [0.1, 0.15) is 33.3 Å². The van der Waals surface area contributed by atoms with Crippen molar-refractivity contribution in [1.82, 2.24) is 5.32 Å². The smallest absolute Gasteiger partial charge is 0.123 e. The molecule has 1 aliphatic heterocycles. The zero-order chi connectivity index (χ0) is 14.7. The fraction of sp³-hybridized carbons (Fsp3) is 0.625. The monoisotopic (exact) mass is 280 g/mol. The SMILES string of the molecule is CC(C)NCc1cc(F)ccc1N1C[C@@H](C)O[C@@H](C)C1. The first kappa shape index (κ1) is 15.3. The van der Waals surface area contributed by atoms with Crippen LogP contribution in [0, 0.1) is 5.82 Å². The number of halogens is 1. The van der Waals surface area contributed by atoms with Crippen LogP contribution in [-0.2, 0) is 11.3 Å². The van der Waals surface area contributed by atoms with E-state index in [1.54, 1.807) is 12.1 Å². The molecule has 3 nitrogen and oxygen atoms in total. The van der Waals surface area contributed by atoms with E-state index in [0.29, 0.717) is 12.6 Å². The Morgan fingerprint density at radius 3 is 2.55 bits per heavy atom. The van der Waals surface area contributed by atoms with Gasteiger partial charge in [-0.3, -0.25) is 0 Å². The highest BCUT2D eigenvalue weighted by atomic mass is 19.1. The first-order valence-corrected chi connectivity index (χ1v) is 7.38. The van der Waals surface area contributed by atoms with Crippen molar-refractivity contribution in [2.75, 3.05) is 18.0 Å². The summed E-state index contributed by atoms with van der Waals surface area (Å²) in [4.78, 5) is 2.30. The number of nitrogens with one attached hydrogen (secondary N) is 1. The highest BCUT2D eigenvalue weighted by molar-refractivity contribution is 5.54. The summed E-state index contributed by atoms with van der Waals surface area (Å²) in [6.07, 6.45) is 0.407. The van der Waals surface area contributed by atoms with Crippen molar-refractivity contribution in [1.29, 1.82) is 0 Å². The number of anilines is 1. The first-order chi connectivity index (χ1) is 9.45. The Kier molecular flexibility index (Phi) is 5.00. The molecule has 1 aromatic rings. The maximum Gasteiger partial charge on any atom is 0.123 e. The summed E-state index contributed by atoms with van der Waals surface area (Å²) < 4.78 is 19.3. The van der Waals surface area contributed by atoms with Crippen LogP contribution < -0.4 is 10.2 Å². The average Bonchev–Trinajstić information content (AvgIpc) is 2.35. The number of hydrogen-bond acceptors (Lipinski definition) is 3. The third-order valence-electron chi connectivity index (χ3n) is 3.50. The summed E-state index contributed by atoms with van der Waals surface area (Å²) in [5.74, 6) is -0.177. The summed E-state index contributed by atoms with van der Waals surface area (Å²) in [5, 5.41) is 3.37. The van der Waals surface area contributed by atoms with E-state index >= 15 is 0 Å². The predicted molar refractivity (Wildman–Crippen MR) is 80.6 cm³/mol. The highest BCUT2D eigenvalue weighted by Gasteiger charge is 2.24. The van der Waals surface area contributed by atoms with E-state index in [2.05, 4.69) is 37.9 Å². The Labute approximate surface area is 121 Å². The zero-order valence-electron chi connectivity index (χ0n) is 12.8. The van der Waals surface area contributed by atoms with Gasteiger partial charge in [0.05, 0.1) is 12.2 Å². The van der Waals surface area contributed by atoms with Crippen molar-refractivity contribution in [3.05, 3.63) is 29.6 Å². The molecule has 1 fully saturated rings. The molecule has 0 amide bonds. The maximum atomic E-state index is 13.5. The standard InChI is InChI=1S/C16H25FN2O/c1-11(2)18-8-14-7-15(17)5-6-16(14)19-9-12(3)20-13(4)10-19/h5-7,11-13,18H,8-10H2,1-4H3/t12-,13+. The van der Waals surface area contributed by atoms with Crippen molar-refractivity contribution in [2.24, 2.45) is 0 Å². The molecule has 20 heavy (non-hydrogen) atoms. The molecule has 4 heteroatoms. The molecule has 0 bridgehead atoms. The Hall–Kier alpha value is -1.13. The molecule has 112 valence electrons. The van der Waals surface area contributed by atoms with E-state index in [4.69, 9.17) is 4.74 Å². The van der Waals surface area contributed by atoms with E-state index < -0.39 is 0 Å². The van der Waals surface area contributed by atoms with Crippen LogP contribution in [0.25, 0.3) is 0 Å². The van der Waals surface area contributed by atoms with Gasteiger partial charge in [-0.2, -0.15) is 0 Å². The third kappa shape index (κ3) is 3.93. The highest BCUT2D eigenvalue weighted by Crippen LogP contribution is 2.25. The third-order valence-corrected chi connectivity index (χ3v) is 3.50. The van der Waals surface area contributed by atoms with Gasteiger partial charge in [-0.1, -0.05) is 13.8 Å². The van der Waals surface area contributed by atoms with Crippen LogP contribution in [0.4, 0.5) is 10.1 Å². The van der Waals surface area contributed by atoms with Crippen LogP contribution >= 0.6 is 0 Å². The summed E-state index contributed by atoms with van der Waals surface area (Å²) in [7, 11) is 0. The first-order valence-electron chi connectivity index (χ1n) is 7.38. The molecule has 0 radical (unpaired) electrons. The minimum atomic E-state index is -0.177. The molecular weight excluding hydrogens is 255 g/mol. The summed E-state index contributed by atoms with van der Waals surface area (Å²) in [5.41, 5.74) is 2.13. The fourth-order valence-corrected chi connectivity index (χ4v) is 2.69. The lowest BCUT2D eigenvalue weighted by atomic mass is 10.1. The normalized spacial score (nSPS) is 23.4. The van der Waals surface area contributed by atoms with Crippen molar-refractivity contribution in [3.63, 3.8) is 0 Å². The molecular formula is C16H25FN2O. The molecule has 2 atom stereocenters. The lowest BCUT2D eigenvalue weighted by molar-refractivity contribution is -0.00526. The van der Waals surface area contributed by atoms with Crippen LogP contribution in [-0.4, -0.2) is 31.3 Å². The van der Waals surface area contributed by atoms with Gasteiger partial charge in [0.15, 0.2) is 0 Å². The van der Waals surface area contributed by atoms with Crippen LogP contribution in [0.3, 0.4) is 0 Å². The Bertz CT molecular complexity index is 440. The van der Waals surface area contributed by atoms with Crippen molar-refractivity contribution >= 4 is 5.69 Å². The van der Waals surface area contributed by atoms with Crippen molar-refractivity contribution in [3.8, 4) is 0 Å². The Morgan fingerprint density at radius 1 is 1.30 bits per heavy atom. The lowest BCUT2D eigenvalue weighted by Crippen LogP contribution is -2.46. The summed E-state index contributed by atoms with van der Waals surface area (Å²) >= 11 is 0. The second-order valence-electron chi connectivity index (χ2n) is 5.97. The lowest BCUT2D eigenvalue weighted by Gasteiger charge is -2.38. The molecule has 0 spiro atoms. The van der Waals surface area contributed by atoms with E-state index in [0.717, 1.165) is 24.3 Å². The molecule has 1 aromatic carbocycles. The molecule has 0 aliphatic carbocycles. The summed E-state index contributed by atoms with van der Waals surface area (Å²) in [6.45, 7) is 10.7. The second kappa shape index (κ2) is 6.55. The van der Waals surface area contributed by atoms with Gasteiger partial charge in [-0.15, -0.1) is 0 Å². The van der Waals surface area contributed by atoms with Crippen LogP contribution in [0.5, 0.6) is 0 Å². The molecule has 1 heterocycles. The van der Waals surface area contributed by atoms with Gasteiger partial charge in [0.1, 0.15) is 5.82 Å². The topological polar surface area (TPSA) is 24.5 Å².